The zero-order valence-electron chi connectivity index (χ0n) is 10.5. The number of hydrogen-bond donors (Lipinski definition) is 0. The number of carbonyl (C=O) groups is 1. The molecule has 0 saturated heterocycles. The van der Waals surface area contributed by atoms with Gasteiger partial charge in [-0.05, 0) is 43.6 Å². The van der Waals surface area contributed by atoms with Crippen molar-refractivity contribution in [3.8, 4) is 0 Å². The van der Waals surface area contributed by atoms with Crippen molar-refractivity contribution < 1.29 is 4.79 Å². The van der Waals surface area contributed by atoms with Crippen LogP contribution in [0, 0.1) is 11.8 Å². The van der Waals surface area contributed by atoms with E-state index in [1.54, 1.807) is 0 Å². The number of aromatic nitrogens is 2. The molecule has 0 aliphatic heterocycles. The van der Waals surface area contributed by atoms with Crippen LogP contribution in [-0.2, 0) is 0 Å². The van der Waals surface area contributed by atoms with Gasteiger partial charge < -0.3 is 4.90 Å². The van der Waals surface area contributed by atoms with E-state index in [1.807, 2.05) is 4.90 Å². The molecule has 0 atom stereocenters. The predicted molar refractivity (Wildman–Crippen MR) is 73.4 cm³/mol. The molecule has 6 heteroatoms. The predicted octanol–water partition coefficient (Wildman–Crippen LogP) is 3.05. The van der Waals surface area contributed by atoms with Gasteiger partial charge in [0.2, 0.25) is 0 Å². The Labute approximate surface area is 122 Å². The fourth-order valence-electron chi connectivity index (χ4n) is 2.14. The summed E-state index contributed by atoms with van der Waals surface area (Å²) in [4.78, 5) is 14.5. The molecule has 4 nitrogen and oxygen atoms in total. The van der Waals surface area contributed by atoms with Gasteiger partial charge in [0.25, 0.3) is 5.91 Å². The van der Waals surface area contributed by atoms with Crippen LogP contribution in [0.3, 0.4) is 0 Å². The van der Waals surface area contributed by atoms with Gasteiger partial charge in [-0.3, -0.25) is 4.79 Å². The maximum absolute atomic E-state index is 12.6. The summed E-state index contributed by atoms with van der Waals surface area (Å²) in [6.07, 6.45) is 4.88. The lowest BCUT2D eigenvalue weighted by atomic mass is 10.2. The molecule has 0 aromatic carbocycles. The molecule has 0 unspecified atom stereocenters. The van der Waals surface area contributed by atoms with E-state index in [4.69, 9.17) is 23.2 Å². The highest BCUT2D eigenvalue weighted by Crippen LogP contribution is 2.34. The van der Waals surface area contributed by atoms with E-state index in [-0.39, 0.29) is 16.2 Å². The number of carbonyl (C=O) groups excluding carboxylic acids is 1. The van der Waals surface area contributed by atoms with Crippen molar-refractivity contribution >= 4 is 29.1 Å². The van der Waals surface area contributed by atoms with Crippen LogP contribution >= 0.6 is 23.2 Å². The Hall–Kier alpha value is -0.870. The number of rotatable bonds is 5. The summed E-state index contributed by atoms with van der Waals surface area (Å²) in [6, 6.07) is 1.51. The molecule has 19 heavy (non-hydrogen) atoms. The molecule has 0 radical (unpaired) electrons. The van der Waals surface area contributed by atoms with Crippen molar-refractivity contribution in [1.82, 2.24) is 15.1 Å². The highest BCUT2D eigenvalue weighted by molar-refractivity contribution is 6.34. The number of hydrogen-bond acceptors (Lipinski definition) is 3. The molecule has 3 rings (SSSR count). The van der Waals surface area contributed by atoms with Gasteiger partial charge >= 0.3 is 0 Å². The second-order valence-corrected chi connectivity index (χ2v) is 6.21. The standard InChI is InChI=1S/C13H15Cl2N3O/c14-11-5-10(12(15)17-16-11)13(19)18(6-8-1-2-8)7-9-3-4-9/h5,8-9H,1-4,6-7H2. The average molecular weight is 300 g/mol. The first-order chi connectivity index (χ1) is 9.13. The third-order valence-corrected chi connectivity index (χ3v) is 4.05. The first kappa shape index (κ1) is 13.1. The number of nitrogens with zero attached hydrogens (tertiary/aromatic N) is 3. The second-order valence-electron chi connectivity index (χ2n) is 5.47. The minimum atomic E-state index is -0.0689. The Bertz CT molecular complexity index is 487. The zero-order chi connectivity index (χ0) is 13.4. The van der Waals surface area contributed by atoms with Gasteiger partial charge in [-0.25, -0.2) is 0 Å². The lowest BCUT2D eigenvalue weighted by molar-refractivity contribution is 0.0739. The van der Waals surface area contributed by atoms with Crippen molar-refractivity contribution in [2.75, 3.05) is 13.1 Å². The molecule has 102 valence electrons. The Balaban J connectivity index is 1.78. The van der Waals surface area contributed by atoms with Crippen molar-refractivity contribution in [1.29, 1.82) is 0 Å². The van der Waals surface area contributed by atoms with Gasteiger partial charge in [-0.15, -0.1) is 10.2 Å². The molecular weight excluding hydrogens is 285 g/mol. The number of halogens is 2. The van der Waals surface area contributed by atoms with E-state index in [0.29, 0.717) is 17.4 Å². The number of amides is 1. The Morgan fingerprint density at radius 2 is 1.74 bits per heavy atom. The van der Waals surface area contributed by atoms with Crippen molar-refractivity contribution in [3.05, 3.63) is 21.9 Å². The molecule has 0 spiro atoms. The van der Waals surface area contributed by atoms with Gasteiger partial charge in [0.1, 0.15) is 0 Å². The summed E-state index contributed by atoms with van der Waals surface area (Å²) in [6.45, 7) is 1.65. The molecule has 1 aromatic rings. The minimum absolute atomic E-state index is 0.0689. The van der Waals surface area contributed by atoms with E-state index in [9.17, 15) is 4.79 Å². The summed E-state index contributed by atoms with van der Waals surface area (Å²) >= 11 is 11.8. The van der Waals surface area contributed by atoms with Gasteiger partial charge in [0.05, 0.1) is 5.56 Å². The molecule has 1 aromatic heterocycles. The minimum Gasteiger partial charge on any atom is -0.338 e. The maximum Gasteiger partial charge on any atom is 0.257 e. The van der Waals surface area contributed by atoms with Crippen LogP contribution in [-0.4, -0.2) is 34.1 Å². The van der Waals surface area contributed by atoms with E-state index >= 15 is 0 Å². The molecule has 2 saturated carbocycles. The van der Waals surface area contributed by atoms with E-state index < -0.39 is 0 Å². The van der Waals surface area contributed by atoms with E-state index in [1.165, 1.54) is 31.7 Å². The van der Waals surface area contributed by atoms with Crippen LogP contribution in [0.4, 0.5) is 0 Å². The molecule has 2 fully saturated rings. The zero-order valence-corrected chi connectivity index (χ0v) is 12.0. The summed E-state index contributed by atoms with van der Waals surface area (Å²) in [7, 11) is 0. The van der Waals surface area contributed by atoms with E-state index in [2.05, 4.69) is 10.2 Å². The quantitative estimate of drug-likeness (QED) is 0.839. The fraction of sp³-hybridized carbons (Fsp3) is 0.615. The van der Waals surface area contributed by atoms with Crippen LogP contribution in [0.15, 0.2) is 6.07 Å². The molecule has 0 bridgehead atoms. The first-order valence-corrected chi connectivity index (χ1v) is 7.37. The third kappa shape index (κ3) is 3.37. The van der Waals surface area contributed by atoms with Gasteiger partial charge in [-0.1, -0.05) is 23.2 Å². The van der Waals surface area contributed by atoms with E-state index in [0.717, 1.165) is 13.1 Å². The summed E-state index contributed by atoms with van der Waals surface area (Å²) in [5, 5.41) is 7.68. The van der Waals surface area contributed by atoms with Crippen LogP contribution in [0.2, 0.25) is 10.3 Å². The monoisotopic (exact) mass is 299 g/mol. The largest absolute Gasteiger partial charge is 0.338 e. The third-order valence-electron chi connectivity index (χ3n) is 3.59. The Kier molecular flexibility index (Phi) is 3.63. The maximum atomic E-state index is 12.6. The molecule has 2 aliphatic carbocycles. The smallest absolute Gasteiger partial charge is 0.257 e. The first-order valence-electron chi connectivity index (χ1n) is 6.61. The summed E-state index contributed by atoms with van der Waals surface area (Å²) < 4.78 is 0. The normalized spacial score (nSPS) is 18.4. The highest BCUT2D eigenvalue weighted by Gasteiger charge is 2.32. The Morgan fingerprint density at radius 1 is 1.16 bits per heavy atom. The topological polar surface area (TPSA) is 46.1 Å². The molecule has 1 amide bonds. The highest BCUT2D eigenvalue weighted by atomic mass is 35.5. The van der Waals surface area contributed by atoms with Crippen LogP contribution in [0.5, 0.6) is 0 Å². The molecule has 1 heterocycles. The molecular formula is C13H15Cl2N3O. The van der Waals surface area contributed by atoms with Gasteiger partial charge in [0, 0.05) is 13.1 Å². The fourth-order valence-corrected chi connectivity index (χ4v) is 2.46. The van der Waals surface area contributed by atoms with Crippen molar-refractivity contribution in [2.45, 2.75) is 25.7 Å². The summed E-state index contributed by atoms with van der Waals surface area (Å²) in [5.74, 6) is 1.25. The molecule has 0 N–H and O–H groups in total. The lowest BCUT2D eigenvalue weighted by Crippen LogP contribution is -2.35. The lowest BCUT2D eigenvalue weighted by Gasteiger charge is -2.22. The van der Waals surface area contributed by atoms with Crippen LogP contribution < -0.4 is 0 Å². The SMILES string of the molecule is O=C(c1cc(Cl)nnc1Cl)N(CC1CC1)CC1CC1. The summed E-state index contributed by atoms with van der Waals surface area (Å²) in [5.41, 5.74) is 0.364. The second kappa shape index (κ2) is 5.25. The van der Waals surface area contributed by atoms with Crippen molar-refractivity contribution in [3.63, 3.8) is 0 Å². The van der Waals surface area contributed by atoms with Crippen LogP contribution in [0.1, 0.15) is 36.0 Å². The Morgan fingerprint density at radius 3 is 2.26 bits per heavy atom. The molecule has 2 aliphatic rings. The van der Waals surface area contributed by atoms with Gasteiger partial charge in [0.15, 0.2) is 10.3 Å². The average Bonchev–Trinajstić information content (AvgIpc) is 3.25. The van der Waals surface area contributed by atoms with Gasteiger partial charge in [-0.2, -0.15) is 0 Å². The van der Waals surface area contributed by atoms with Crippen molar-refractivity contribution in [2.24, 2.45) is 11.8 Å². The van der Waals surface area contributed by atoms with Crippen LogP contribution in [0.25, 0.3) is 0 Å².